The third kappa shape index (κ3) is 1.18. The molecule has 2 heteroatoms. The van der Waals surface area contributed by atoms with Crippen LogP contribution in [0.4, 0.5) is 0 Å². The molecule has 2 aliphatic rings. The molecule has 0 aliphatic carbocycles. The molecule has 0 aromatic rings. The molecule has 2 bridgehead atoms. The van der Waals surface area contributed by atoms with E-state index >= 15 is 0 Å². The van der Waals surface area contributed by atoms with E-state index in [1.165, 1.54) is 32.4 Å². The number of hydrogen-bond acceptors (Lipinski definition) is 2. The first-order valence-electron chi connectivity index (χ1n) is 4.70. The van der Waals surface area contributed by atoms with Crippen LogP contribution in [-0.4, -0.2) is 36.6 Å². The Balaban J connectivity index is 2.12. The van der Waals surface area contributed by atoms with Crippen LogP contribution in [0.5, 0.6) is 0 Å². The molecule has 0 aromatic heterocycles. The molecule has 0 amide bonds. The smallest absolute Gasteiger partial charge is 0.0309 e. The summed E-state index contributed by atoms with van der Waals surface area (Å²) in [6.07, 6.45) is 4.06. The first kappa shape index (κ1) is 7.56. The molecule has 2 rings (SSSR count). The highest BCUT2D eigenvalue weighted by Crippen LogP contribution is 2.31. The third-order valence-corrected chi connectivity index (χ3v) is 3.26. The van der Waals surface area contributed by atoms with Gasteiger partial charge in [0.05, 0.1) is 0 Å². The van der Waals surface area contributed by atoms with E-state index in [9.17, 15) is 0 Å². The molecule has 2 fully saturated rings. The van der Waals surface area contributed by atoms with Gasteiger partial charge in [-0.25, -0.2) is 0 Å². The maximum absolute atomic E-state index is 3.74. The maximum Gasteiger partial charge on any atom is 0.0309 e. The van der Waals surface area contributed by atoms with Gasteiger partial charge in [-0.1, -0.05) is 6.92 Å². The molecule has 64 valence electrons. The van der Waals surface area contributed by atoms with Crippen LogP contribution in [0.1, 0.15) is 26.2 Å². The Morgan fingerprint density at radius 1 is 1.64 bits per heavy atom. The lowest BCUT2D eigenvalue weighted by atomic mass is 9.94. The summed E-state index contributed by atoms with van der Waals surface area (Å²) in [5.74, 6) is 0. The zero-order valence-corrected chi connectivity index (χ0v) is 7.56. The Morgan fingerprint density at radius 3 is 3.18 bits per heavy atom. The fraction of sp³-hybridized carbons (Fsp3) is 1.00. The summed E-state index contributed by atoms with van der Waals surface area (Å²) >= 11 is 0. The summed E-state index contributed by atoms with van der Waals surface area (Å²) < 4.78 is 0. The van der Waals surface area contributed by atoms with Gasteiger partial charge in [0.15, 0.2) is 0 Å². The lowest BCUT2D eigenvalue weighted by Crippen LogP contribution is -2.57. The number of nitrogens with zero attached hydrogens (tertiary/aromatic N) is 1. The number of likely N-dealkylation sites (N-methyl/N-ethyl adjacent to an activating group) is 1. The Hall–Kier alpha value is -0.0800. The van der Waals surface area contributed by atoms with Crippen LogP contribution in [0, 0.1) is 0 Å². The van der Waals surface area contributed by atoms with E-state index in [0.717, 1.165) is 6.04 Å². The van der Waals surface area contributed by atoms with Crippen molar-refractivity contribution in [1.82, 2.24) is 10.2 Å². The van der Waals surface area contributed by atoms with Gasteiger partial charge >= 0.3 is 0 Å². The molecule has 2 heterocycles. The van der Waals surface area contributed by atoms with Crippen molar-refractivity contribution < 1.29 is 0 Å². The fourth-order valence-electron chi connectivity index (χ4n) is 2.64. The van der Waals surface area contributed by atoms with Crippen molar-refractivity contribution in [2.24, 2.45) is 0 Å². The SMILES string of the molecule is CCC12CCC(CN(C)C1)N2. The van der Waals surface area contributed by atoms with E-state index in [1.807, 2.05) is 0 Å². The largest absolute Gasteiger partial charge is 0.306 e. The Morgan fingerprint density at radius 2 is 2.45 bits per heavy atom. The van der Waals surface area contributed by atoms with E-state index < -0.39 is 0 Å². The number of rotatable bonds is 1. The van der Waals surface area contributed by atoms with Gasteiger partial charge in [-0.05, 0) is 26.3 Å². The van der Waals surface area contributed by atoms with Gasteiger partial charge in [-0.2, -0.15) is 0 Å². The van der Waals surface area contributed by atoms with Crippen LogP contribution in [0.2, 0.25) is 0 Å². The van der Waals surface area contributed by atoms with Gasteiger partial charge in [0.25, 0.3) is 0 Å². The monoisotopic (exact) mass is 154 g/mol. The molecule has 0 spiro atoms. The number of likely N-dealkylation sites (tertiary alicyclic amines) is 1. The van der Waals surface area contributed by atoms with Gasteiger partial charge in [-0.15, -0.1) is 0 Å². The molecule has 0 radical (unpaired) electrons. The summed E-state index contributed by atoms with van der Waals surface area (Å²) in [6, 6.07) is 0.786. The molecule has 1 N–H and O–H groups in total. The third-order valence-electron chi connectivity index (χ3n) is 3.26. The van der Waals surface area contributed by atoms with Crippen LogP contribution < -0.4 is 5.32 Å². The zero-order chi connectivity index (χ0) is 7.90. The molecular formula is C9H18N2. The summed E-state index contributed by atoms with van der Waals surface area (Å²) in [5.41, 5.74) is 0.484. The Kier molecular flexibility index (Phi) is 1.69. The molecule has 2 atom stereocenters. The first-order chi connectivity index (χ1) is 5.24. The molecule has 2 saturated heterocycles. The van der Waals surface area contributed by atoms with Crippen LogP contribution in [0.25, 0.3) is 0 Å². The van der Waals surface area contributed by atoms with Crippen molar-refractivity contribution in [3.05, 3.63) is 0 Å². The average molecular weight is 154 g/mol. The van der Waals surface area contributed by atoms with E-state index in [0.29, 0.717) is 5.54 Å². The van der Waals surface area contributed by atoms with Crippen molar-refractivity contribution in [3.8, 4) is 0 Å². The van der Waals surface area contributed by atoms with E-state index in [1.54, 1.807) is 0 Å². The minimum Gasteiger partial charge on any atom is -0.306 e. The van der Waals surface area contributed by atoms with Gasteiger partial charge < -0.3 is 10.2 Å². The van der Waals surface area contributed by atoms with E-state index in [4.69, 9.17) is 0 Å². The molecule has 2 aliphatic heterocycles. The Bertz CT molecular complexity index is 158. The highest BCUT2D eigenvalue weighted by atomic mass is 15.2. The minimum absolute atomic E-state index is 0.484. The second-order valence-electron chi connectivity index (χ2n) is 4.21. The van der Waals surface area contributed by atoms with Crippen LogP contribution >= 0.6 is 0 Å². The van der Waals surface area contributed by atoms with Crippen LogP contribution in [0.15, 0.2) is 0 Å². The van der Waals surface area contributed by atoms with E-state index in [-0.39, 0.29) is 0 Å². The molecule has 11 heavy (non-hydrogen) atoms. The Labute approximate surface area is 69.0 Å². The molecule has 0 aromatic carbocycles. The zero-order valence-electron chi connectivity index (χ0n) is 7.56. The number of fused-ring (bicyclic) bond motifs is 2. The van der Waals surface area contributed by atoms with Crippen LogP contribution in [-0.2, 0) is 0 Å². The van der Waals surface area contributed by atoms with Gasteiger partial charge in [0.1, 0.15) is 0 Å². The highest BCUT2D eigenvalue weighted by molar-refractivity contribution is 5.03. The first-order valence-corrected chi connectivity index (χ1v) is 4.70. The summed E-state index contributed by atoms with van der Waals surface area (Å²) in [4.78, 5) is 2.47. The quantitative estimate of drug-likeness (QED) is 0.602. The molecular weight excluding hydrogens is 136 g/mol. The van der Waals surface area contributed by atoms with Crippen molar-refractivity contribution in [3.63, 3.8) is 0 Å². The number of piperazine rings is 1. The van der Waals surface area contributed by atoms with Gasteiger partial charge in [0.2, 0.25) is 0 Å². The topological polar surface area (TPSA) is 15.3 Å². The number of hydrogen-bond donors (Lipinski definition) is 1. The lowest BCUT2D eigenvalue weighted by Gasteiger charge is -2.39. The normalized spacial score (nSPS) is 44.7. The predicted molar refractivity (Wildman–Crippen MR) is 46.7 cm³/mol. The molecule has 0 saturated carbocycles. The van der Waals surface area contributed by atoms with Crippen molar-refractivity contribution in [2.75, 3.05) is 20.1 Å². The fourth-order valence-corrected chi connectivity index (χ4v) is 2.64. The maximum atomic E-state index is 3.74. The van der Waals surface area contributed by atoms with E-state index in [2.05, 4.69) is 24.2 Å². The van der Waals surface area contributed by atoms with Crippen LogP contribution in [0.3, 0.4) is 0 Å². The minimum atomic E-state index is 0.484. The summed E-state index contributed by atoms with van der Waals surface area (Å²) in [5, 5.41) is 3.74. The van der Waals surface area contributed by atoms with Crippen molar-refractivity contribution in [1.29, 1.82) is 0 Å². The average Bonchev–Trinajstić information content (AvgIpc) is 2.28. The predicted octanol–water partition coefficient (Wildman–Crippen LogP) is 0.833. The lowest BCUT2D eigenvalue weighted by molar-refractivity contribution is 0.162. The van der Waals surface area contributed by atoms with Gasteiger partial charge in [0, 0.05) is 24.7 Å². The standard InChI is InChI=1S/C9H18N2/c1-3-9-5-4-8(10-9)6-11(2)7-9/h8,10H,3-7H2,1-2H3. The number of nitrogens with one attached hydrogen (secondary N) is 1. The second-order valence-corrected chi connectivity index (χ2v) is 4.21. The molecule has 2 unspecified atom stereocenters. The highest BCUT2D eigenvalue weighted by Gasteiger charge is 2.41. The molecule has 2 nitrogen and oxygen atoms in total. The van der Waals surface area contributed by atoms with Gasteiger partial charge in [-0.3, -0.25) is 0 Å². The summed E-state index contributed by atoms with van der Waals surface area (Å²) in [7, 11) is 2.24. The second kappa shape index (κ2) is 2.46. The van der Waals surface area contributed by atoms with Crippen molar-refractivity contribution >= 4 is 0 Å². The summed E-state index contributed by atoms with van der Waals surface area (Å²) in [6.45, 7) is 4.80. The van der Waals surface area contributed by atoms with Crippen molar-refractivity contribution in [2.45, 2.75) is 37.8 Å².